The summed E-state index contributed by atoms with van der Waals surface area (Å²) in [4.78, 5) is 14.4. The zero-order valence-corrected chi connectivity index (χ0v) is 17.7. The van der Waals surface area contributed by atoms with E-state index in [2.05, 4.69) is 38.9 Å². The Morgan fingerprint density at radius 1 is 1.03 bits per heavy atom. The van der Waals surface area contributed by atoms with Crippen LogP contribution in [0.5, 0.6) is 5.75 Å². The Balaban J connectivity index is 1.44. The van der Waals surface area contributed by atoms with Crippen LogP contribution < -0.4 is 9.80 Å². The summed E-state index contributed by atoms with van der Waals surface area (Å²) < 4.78 is 0. The number of H-pyrrole nitrogens is 1. The third-order valence-electron chi connectivity index (χ3n) is 6.15. The highest BCUT2D eigenvalue weighted by Gasteiger charge is 2.32. The van der Waals surface area contributed by atoms with E-state index in [4.69, 9.17) is 5.41 Å². The van der Waals surface area contributed by atoms with Crippen molar-refractivity contribution in [2.24, 2.45) is 0 Å². The van der Waals surface area contributed by atoms with E-state index >= 15 is 0 Å². The summed E-state index contributed by atoms with van der Waals surface area (Å²) in [6.07, 6.45) is 0. The molecular formula is C23H26N6O2. The first-order valence-corrected chi connectivity index (χ1v) is 10.4. The molecule has 2 aliphatic heterocycles. The van der Waals surface area contributed by atoms with Gasteiger partial charge < -0.3 is 29.9 Å². The van der Waals surface area contributed by atoms with E-state index in [0.29, 0.717) is 11.4 Å². The molecule has 160 valence electrons. The number of benzene rings is 2. The number of likely N-dealkylation sites (N-methyl/N-ethyl adjacent to an activating group) is 1. The molecule has 31 heavy (non-hydrogen) atoms. The predicted octanol–water partition coefficient (Wildman–Crippen LogP) is 3.10. The van der Waals surface area contributed by atoms with Gasteiger partial charge in [0.05, 0.1) is 23.2 Å². The van der Waals surface area contributed by atoms with E-state index in [1.165, 1.54) is 0 Å². The number of phenolic OH excluding ortho intramolecular Hbond substituents is 1. The number of hydrogen-bond acceptors (Lipinski definition) is 6. The van der Waals surface area contributed by atoms with Crippen LogP contribution in [0.1, 0.15) is 11.4 Å². The minimum absolute atomic E-state index is 0.107. The van der Waals surface area contributed by atoms with E-state index in [-0.39, 0.29) is 23.9 Å². The number of anilines is 2. The SMILES string of the molecule is Cc1cc(O)ccc1N1CC(O)=C(c2nc3ccc(N4CCN(C)CC4)cc3[nH]2)C1=N. The van der Waals surface area contributed by atoms with Crippen LogP contribution in [0.25, 0.3) is 16.6 Å². The van der Waals surface area contributed by atoms with Gasteiger partial charge in [0, 0.05) is 37.6 Å². The molecule has 0 aliphatic carbocycles. The van der Waals surface area contributed by atoms with Crippen molar-refractivity contribution in [3.8, 4) is 5.75 Å². The van der Waals surface area contributed by atoms with Gasteiger partial charge in [-0.15, -0.1) is 0 Å². The van der Waals surface area contributed by atoms with Crippen LogP contribution >= 0.6 is 0 Å². The molecule has 1 saturated heterocycles. The van der Waals surface area contributed by atoms with Gasteiger partial charge in [-0.1, -0.05) is 0 Å². The van der Waals surface area contributed by atoms with Crippen LogP contribution in [0.2, 0.25) is 0 Å². The Morgan fingerprint density at radius 3 is 2.55 bits per heavy atom. The second-order valence-electron chi connectivity index (χ2n) is 8.30. The Morgan fingerprint density at radius 2 is 1.81 bits per heavy atom. The number of aromatic nitrogens is 2. The lowest BCUT2D eigenvalue weighted by Gasteiger charge is -2.34. The van der Waals surface area contributed by atoms with Gasteiger partial charge in [-0.3, -0.25) is 5.41 Å². The van der Waals surface area contributed by atoms with Crippen LogP contribution in [-0.4, -0.2) is 70.7 Å². The summed E-state index contributed by atoms with van der Waals surface area (Å²) >= 11 is 0. The molecule has 3 aromatic rings. The van der Waals surface area contributed by atoms with Gasteiger partial charge in [0.25, 0.3) is 0 Å². The molecule has 0 atom stereocenters. The van der Waals surface area contributed by atoms with Crippen LogP contribution in [-0.2, 0) is 0 Å². The molecule has 2 aliphatic rings. The lowest BCUT2D eigenvalue weighted by atomic mass is 10.1. The molecule has 8 heteroatoms. The van der Waals surface area contributed by atoms with E-state index in [1.807, 2.05) is 13.0 Å². The van der Waals surface area contributed by atoms with Crippen LogP contribution in [0, 0.1) is 12.3 Å². The predicted molar refractivity (Wildman–Crippen MR) is 123 cm³/mol. The van der Waals surface area contributed by atoms with Gasteiger partial charge in [0.1, 0.15) is 23.2 Å². The molecule has 0 amide bonds. The van der Waals surface area contributed by atoms with E-state index in [0.717, 1.165) is 54.2 Å². The number of aromatic hydroxyl groups is 1. The number of amidine groups is 1. The van der Waals surface area contributed by atoms with Crippen molar-refractivity contribution in [1.82, 2.24) is 14.9 Å². The smallest absolute Gasteiger partial charge is 0.145 e. The topological polar surface area (TPSA) is 103 Å². The summed E-state index contributed by atoms with van der Waals surface area (Å²) in [5, 5.41) is 29.0. The van der Waals surface area contributed by atoms with Crippen molar-refractivity contribution in [1.29, 1.82) is 5.41 Å². The number of hydrogen-bond donors (Lipinski definition) is 4. The summed E-state index contributed by atoms with van der Waals surface area (Å²) in [5.41, 5.74) is 4.86. The molecule has 5 rings (SSSR count). The number of aryl methyl sites for hydroxylation is 1. The maximum atomic E-state index is 10.7. The number of aliphatic hydroxyl groups is 1. The average Bonchev–Trinajstić information content (AvgIpc) is 3.28. The van der Waals surface area contributed by atoms with Gasteiger partial charge in [-0.05, 0) is 55.9 Å². The average molecular weight is 419 g/mol. The minimum Gasteiger partial charge on any atom is -0.509 e. The third kappa shape index (κ3) is 3.38. The second kappa shape index (κ2) is 7.31. The summed E-state index contributed by atoms with van der Waals surface area (Å²) in [6, 6.07) is 11.2. The molecule has 1 fully saturated rings. The Labute approximate surface area is 180 Å². The Kier molecular flexibility index (Phi) is 4.59. The number of imidazole rings is 1. The second-order valence-corrected chi connectivity index (χ2v) is 8.30. The van der Waals surface area contributed by atoms with Gasteiger partial charge >= 0.3 is 0 Å². The number of rotatable bonds is 3. The van der Waals surface area contributed by atoms with E-state index in [1.54, 1.807) is 23.1 Å². The maximum Gasteiger partial charge on any atom is 0.145 e. The number of phenols is 1. The quantitative estimate of drug-likeness (QED) is 0.521. The first-order valence-electron chi connectivity index (χ1n) is 10.4. The Hall–Kier alpha value is -3.52. The number of fused-ring (bicyclic) bond motifs is 1. The largest absolute Gasteiger partial charge is 0.509 e. The molecule has 0 bridgehead atoms. The highest BCUT2D eigenvalue weighted by atomic mass is 16.3. The maximum absolute atomic E-state index is 10.7. The molecule has 3 heterocycles. The van der Waals surface area contributed by atoms with Crippen molar-refractivity contribution < 1.29 is 10.2 Å². The van der Waals surface area contributed by atoms with Crippen molar-refractivity contribution in [2.45, 2.75) is 6.92 Å². The van der Waals surface area contributed by atoms with Gasteiger partial charge in [0.15, 0.2) is 0 Å². The number of piperazine rings is 1. The fraction of sp³-hybridized carbons (Fsp3) is 0.304. The third-order valence-corrected chi connectivity index (χ3v) is 6.15. The van der Waals surface area contributed by atoms with Crippen LogP contribution in [0.3, 0.4) is 0 Å². The molecule has 2 aromatic carbocycles. The molecule has 8 nitrogen and oxygen atoms in total. The van der Waals surface area contributed by atoms with Gasteiger partial charge in [-0.2, -0.15) is 0 Å². The highest BCUT2D eigenvalue weighted by molar-refractivity contribution is 6.30. The summed E-state index contributed by atoms with van der Waals surface area (Å²) in [7, 11) is 2.14. The standard InChI is InChI=1S/C23H26N6O2/c1-14-11-16(30)4-6-19(14)29-13-20(31)21(22(29)24)23-25-17-5-3-15(12-18(17)26-23)28-9-7-27(2)8-10-28/h3-6,11-12,24,30-31H,7-10,13H2,1-2H3,(H,25,26). The highest BCUT2D eigenvalue weighted by Crippen LogP contribution is 2.34. The van der Waals surface area contributed by atoms with Crippen LogP contribution in [0.4, 0.5) is 11.4 Å². The zero-order valence-electron chi connectivity index (χ0n) is 17.7. The van der Waals surface area contributed by atoms with E-state index < -0.39 is 0 Å². The number of aliphatic hydroxyl groups excluding tert-OH is 1. The minimum atomic E-state index is 0.107. The number of aromatic amines is 1. The van der Waals surface area contributed by atoms with E-state index in [9.17, 15) is 10.2 Å². The lowest BCUT2D eigenvalue weighted by molar-refractivity contribution is 0.313. The molecule has 1 aromatic heterocycles. The summed E-state index contributed by atoms with van der Waals surface area (Å²) in [6.45, 7) is 6.12. The number of nitrogens with zero attached hydrogens (tertiary/aromatic N) is 4. The molecular weight excluding hydrogens is 392 g/mol. The van der Waals surface area contributed by atoms with Crippen molar-refractivity contribution in [3.63, 3.8) is 0 Å². The van der Waals surface area contributed by atoms with Gasteiger partial charge in [-0.25, -0.2) is 4.98 Å². The molecule has 0 unspecified atom stereocenters. The molecule has 0 saturated carbocycles. The van der Waals surface area contributed by atoms with Crippen molar-refractivity contribution in [3.05, 3.63) is 53.5 Å². The molecule has 4 N–H and O–H groups in total. The van der Waals surface area contributed by atoms with Crippen molar-refractivity contribution in [2.75, 3.05) is 49.6 Å². The van der Waals surface area contributed by atoms with Crippen LogP contribution in [0.15, 0.2) is 42.2 Å². The Bertz CT molecular complexity index is 1210. The molecule has 0 radical (unpaired) electrons. The van der Waals surface area contributed by atoms with Crippen molar-refractivity contribution >= 4 is 33.8 Å². The normalized spacial score (nSPS) is 17.9. The molecule has 0 spiro atoms. The number of nitrogens with one attached hydrogen (secondary N) is 2. The summed E-state index contributed by atoms with van der Waals surface area (Å²) in [5.74, 6) is 0.963. The first-order chi connectivity index (χ1) is 14.9. The fourth-order valence-electron chi connectivity index (χ4n) is 4.35. The fourth-order valence-corrected chi connectivity index (χ4v) is 4.35. The lowest BCUT2D eigenvalue weighted by Crippen LogP contribution is -2.44. The monoisotopic (exact) mass is 418 g/mol. The zero-order chi connectivity index (χ0) is 21.7. The van der Waals surface area contributed by atoms with Gasteiger partial charge in [0.2, 0.25) is 0 Å². The first kappa shape index (κ1) is 19.4.